The molecule has 0 aliphatic rings. The molecular weight excluding hydrogens is 322 g/mol. The summed E-state index contributed by atoms with van der Waals surface area (Å²) in [5.41, 5.74) is 4.63. The van der Waals surface area contributed by atoms with Gasteiger partial charge in [0.2, 0.25) is 5.91 Å². The van der Waals surface area contributed by atoms with E-state index in [1.54, 1.807) is 6.92 Å². The van der Waals surface area contributed by atoms with Gasteiger partial charge < -0.3 is 9.88 Å². The zero-order chi connectivity index (χ0) is 18.5. The van der Waals surface area contributed by atoms with Gasteiger partial charge in [-0.05, 0) is 12.5 Å². The fourth-order valence-electron chi connectivity index (χ4n) is 2.86. The minimum atomic E-state index is -0.144. The first kappa shape index (κ1) is 17.7. The number of nitrogens with one attached hydrogen (secondary N) is 1. The monoisotopic (exact) mass is 345 g/mol. The zero-order valence-electron chi connectivity index (χ0n) is 15.2. The van der Waals surface area contributed by atoms with E-state index in [-0.39, 0.29) is 5.91 Å². The third kappa shape index (κ3) is 3.91. The second kappa shape index (κ2) is 7.83. The van der Waals surface area contributed by atoms with Crippen LogP contribution in [-0.2, 0) is 24.8 Å². The van der Waals surface area contributed by atoms with Crippen LogP contribution in [0.25, 0.3) is 11.3 Å². The highest BCUT2D eigenvalue weighted by Crippen LogP contribution is 2.24. The molecule has 0 atom stereocenters. The van der Waals surface area contributed by atoms with Crippen molar-refractivity contribution in [1.82, 2.24) is 14.9 Å². The number of benzene rings is 2. The van der Waals surface area contributed by atoms with E-state index in [0.29, 0.717) is 12.1 Å². The molecule has 4 heteroatoms. The van der Waals surface area contributed by atoms with Crippen molar-refractivity contribution in [3.63, 3.8) is 0 Å². The molecule has 4 nitrogen and oxygen atoms in total. The van der Waals surface area contributed by atoms with Crippen LogP contribution in [0.2, 0.25) is 0 Å². The van der Waals surface area contributed by atoms with E-state index in [9.17, 15) is 4.79 Å². The van der Waals surface area contributed by atoms with Gasteiger partial charge in [-0.15, -0.1) is 0 Å². The molecule has 1 aromatic heterocycles. The smallest absolute Gasteiger partial charge is 0.246 e. The summed E-state index contributed by atoms with van der Waals surface area (Å²) in [4.78, 5) is 16.8. The van der Waals surface area contributed by atoms with Gasteiger partial charge in [-0.25, -0.2) is 4.98 Å². The fraction of sp³-hybridized carbons (Fsp3) is 0.182. The Labute approximate surface area is 154 Å². The molecule has 1 N–H and O–H groups in total. The van der Waals surface area contributed by atoms with Crippen molar-refractivity contribution in [1.29, 1.82) is 0 Å². The van der Waals surface area contributed by atoms with Crippen LogP contribution in [0.1, 0.15) is 24.0 Å². The second-order valence-corrected chi connectivity index (χ2v) is 6.37. The van der Waals surface area contributed by atoms with Crippen LogP contribution in [-0.4, -0.2) is 15.5 Å². The van der Waals surface area contributed by atoms with Gasteiger partial charge in [0.25, 0.3) is 0 Å². The third-order valence-corrected chi connectivity index (χ3v) is 4.36. The number of amides is 1. The molecule has 3 aromatic rings. The molecule has 0 unspecified atom stereocenters. The number of rotatable bonds is 6. The van der Waals surface area contributed by atoms with Gasteiger partial charge in [0.1, 0.15) is 5.82 Å². The van der Waals surface area contributed by atoms with Crippen LogP contribution in [0.4, 0.5) is 0 Å². The van der Waals surface area contributed by atoms with E-state index in [2.05, 4.69) is 28.6 Å². The number of hydrogen-bond acceptors (Lipinski definition) is 2. The highest BCUT2D eigenvalue weighted by Gasteiger charge is 2.17. The minimum Gasteiger partial charge on any atom is -0.347 e. The van der Waals surface area contributed by atoms with Gasteiger partial charge in [0.15, 0.2) is 0 Å². The Balaban J connectivity index is 1.97. The average molecular weight is 345 g/mol. The molecule has 0 fully saturated rings. The molecule has 132 valence electrons. The first-order chi connectivity index (χ1) is 12.6. The summed E-state index contributed by atoms with van der Waals surface area (Å²) in [6, 6.07) is 20.3. The Kier molecular flexibility index (Phi) is 5.32. The zero-order valence-corrected chi connectivity index (χ0v) is 15.2. The van der Waals surface area contributed by atoms with Crippen molar-refractivity contribution in [2.24, 2.45) is 7.05 Å². The van der Waals surface area contributed by atoms with E-state index >= 15 is 0 Å². The quantitative estimate of drug-likeness (QED) is 0.690. The molecule has 1 heterocycles. The summed E-state index contributed by atoms with van der Waals surface area (Å²) in [5.74, 6) is 0.824. The molecular formula is C22H23N3O. The minimum absolute atomic E-state index is 0.144. The van der Waals surface area contributed by atoms with Crippen LogP contribution in [0.3, 0.4) is 0 Å². The fourth-order valence-corrected chi connectivity index (χ4v) is 2.86. The molecule has 0 bridgehead atoms. The second-order valence-electron chi connectivity index (χ2n) is 6.37. The summed E-state index contributed by atoms with van der Waals surface area (Å²) in [5, 5.41) is 2.93. The van der Waals surface area contributed by atoms with Crippen molar-refractivity contribution in [2.45, 2.75) is 19.9 Å². The van der Waals surface area contributed by atoms with Gasteiger partial charge in [-0.3, -0.25) is 4.79 Å². The van der Waals surface area contributed by atoms with Crippen molar-refractivity contribution < 1.29 is 4.79 Å². The Morgan fingerprint density at radius 2 is 1.69 bits per heavy atom. The number of aromatic nitrogens is 2. The summed E-state index contributed by atoms with van der Waals surface area (Å²) >= 11 is 0. The lowest BCUT2D eigenvalue weighted by molar-refractivity contribution is -0.117. The van der Waals surface area contributed by atoms with Crippen molar-refractivity contribution in [3.8, 4) is 11.3 Å². The molecule has 0 spiro atoms. The number of carbonyl (C=O) groups is 1. The summed E-state index contributed by atoms with van der Waals surface area (Å²) in [6.45, 7) is 5.81. The van der Waals surface area contributed by atoms with Gasteiger partial charge in [0.05, 0.1) is 17.9 Å². The summed E-state index contributed by atoms with van der Waals surface area (Å²) in [7, 11) is 2.00. The standard InChI is InChI=1S/C22H23N3O/c1-16(2)22(26)23-15-19-21(18-12-8-5-9-13-18)24-20(25(19)3)14-17-10-6-4-7-11-17/h4-13H,1,14-15H2,2-3H3,(H,23,26). The lowest BCUT2D eigenvalue weighted by Gasteiger charge is -2.09. The van der Waals surface area contributed by atoms with Crippen LogP contribution < -0.4 is 5.32 Å². The Morgan fingerprint density at radius 3 is 2.31 bits per heavy atom. The van der Waals surface area contributed by atoms with E-state index < -0.39 is 0 Å². The highest BCUT2D eigenvalue weighted by molar-refractivity contribution is 5.92. The lowest BCUT2D eigenvalue weighted by atomic mass is 10.1. The van der Waals surface area contributed by atoms with Crippen LogP contribution >= 0.6 is 0 Å². The molecule has 1 amide bonds. The largest absolute Gasteiger partial charge is 0.347 e. The Bertz CT molecular complexity index is 911. The van der Waals surface area contributed by atoms with Crippen LogP contribution in [0.5, 0.6) is 0 Å². The highest BCUT2D eigenvalue weighted by atomic mass is 16.1. The average Bonchev–Trinajstić information content (AvgIpc) is 2.97. The third-order valence-electron chi connectivity index (χ3n) is 4.36. The topological polar surface area (TPSA) is 46.9 Å². The normalized spacial score (nSPS) is 10.5. The maximum atomic E-state index is 11.9. The Morgan fingerprint density at radius 1 is 1.08 bits per heavy atom. The lowest BCUT2D eigenvalue weighted by Crippen LogP contribution is -2.24. The van der Waals surface area contributed by atoms with Gasteiger partial charge in [0, 0.05) is 24.6 Å². The summed E-state index contributed by atoms with van der Waals surface area (Å²) < 4.78 is 2.08. The van der Waals surface area contributed by atoms with E-state index in [1.807, 2.05) is 55.6 Å². The number of hydrogen-bond donors (Lipinski definition) is 1. The number of carbonyl (C=O) groups excluding carboxylic acids is 1. The molecule has 0 saturated carbocycles. The first-order valence-corrected chi connectivity index (χ1v) is 8.63. The van der Waals surface area contributed by atoms with Gasteiger partial charge in [-0.2, -0.15) is 0 Å². The Hall–Kier alpha value is -3.14. The maximum Gasteiger partial charge on any atom is 0.246 e. The molecule has 0 saturated heterocycles. The van der Waals surface area contributed by atoms with Crippen molar-refractivity contribution >= 4 is 5.91 Å². The van der Waals surface area contributed by atoms with Gasteiger partial charge in [-0.1, -0.05) is 67.2 Å². The van der Waals surface area contributed by atoms with Crippen LogP contribution in [0, 0.1) is 0 Å². The molecule has 26 heavy (non-hydrogen) atoms. The van der Waals surface area contributed by atoms with E-state index in [1.165, 1.54) is 5.56 Å². The molecule has 3 rings (SSSR count). The SMILES string of the molecule is C=C(C)C(=O)NCc1c(-c2ccccc2)nc(Cc2ccccc2)n1C. The molecule has 0 radical (unpaired) electrons. The molecule has 0 aliphatic carbocycles. The molecule has 2 aromatic carbocycles. The summed E-state index contributed by atoms with van der Waals surface area (Å²) in [6.07, 6.45) is 0.742. The maximum absolute atomic E-state index is 11.9. The first-order valence-electron chi connectivity index (χ1n) is 8.63. The predicted molar refractivity (Wildman–Crippen MR) is 105 cm³/mol. The molecule has 0 aliphatic heterocycles. The van der Waals surface area contributed by atoms with Crippen molar-refractivity contribution in [2.75, 3.05) is 0 Å². The van der Waals surface area contributed by atoms with Crippen LogP contribution in [0.15, 0.2) is 72.8 Å². The number of imidazole rings is 1. The van der Waals surface area contributed by atoms with E-state index in [4.69, 9.17) is 4.98 Å². The van der Waals surface area contributed by atoms with Crippen molar-refractivity contribution in [3.05, 3.63) is 89.9 Å². The van der Waals surface area contributed by atoms with E-state index in [0.717, 1.165) is 29.2 Å². The number of nitrogens with zero attached hydrogens (tertiary/aromatic N) is 2. The van der Waals surface area contributed by atoms with Gasteiger partial charge >= 0.3 is 0 Å². The predicted octanol–water partition coefficient (Wildman–Crippen LogP) is 3.87.